The number of halogens is 3. The molecule has 30 heavy (non-hydrogen) atoms. The number of methoxy groups -OCH3 is 2. The summed E-state index contributed by atoms with van der Waals surface area (Å²) >= 11 is 0. The largest absolute Gasteiger partial charge is 0.497 e. The molecule has 1 fully saturated rings. The van der Waals surface area contributed by atoms with E-state index in [0.29, 0.717) is 5.75 Å². The average Bonchev–Trinajstić information content (AvgIpc) is 2.72. The van der Waals surface area contributed by atoms with Gasteiger partial charge in [0.05, 0.1) is 20.3 Å². The number of amides is 2. The average molecular weight is 424 g/mol. The Bertz CT molecular complexity index is 951. The Morgan fingerprint density at radius 2 is 1.77 bits per heavy atom. The van der Waals surface area contributed by atoms with E-state index in [4.69, 9.17) is 9.47 Å². The molecule has 0 spiro atoms. The molecule has 2 aromatic carbocycles. The number of alkyl halides is 3. The SMILES string of the molecule is COc1ccc([C@@H]2NC(=O)N[C@@](O)(C(F)(F)F)[C@H]2C(=O)c2ccccc2)c(OC)c1. The van der Waals surface area contributed by atoms with Crippen molar-refractivity contribution in [2.24, 2.45) is 5.92 Å². The van der Waals surface area contributed by atoms with Crippen LogP contribution in [0.4, 0.5) is 18.0 Å². The molecule has 1 saturated heterocycles. The minimum Gasteiger partial charge on any atom is -0.497 e. The maximum atomic E-state index is 13.9. The van der Waals surface area contributed by atoms with Gasteiger partial charge in [0.25, 0.3) is 0 Å². The third-order valence-electron chi connectivity index (χ3n) is 4.92. The summed E-state index contributed by atoms with van der Waals surface area (Å²) in [5.74, 6) is -2.71. The van der Waals surface area contributed by atoms with E-state index in [-0.39, 0.29) is 16.9 Å². The number of carbonyl (C=O) groups is 2. The summed E-state index contributed by atoms with van der Waals surface area (Å²) < 4.78 is 52.1. The number of hydrogen-bond donors (Lipinski definition) is 3. The summed E-state index contributed by atoms with van der Waals surface area (Å²) in [7, 11) is 2.68. The zero-order valence-electron chi connectivity index (χ0n) is 16.0. The fourth-order valence-electron chi connectivity index (χ4n) is 3.46. The van der Waals surface area contributed by atoms with Crippen molar-refractivity contribution < 1.29 is 37.3 Å². The molecule has 3 N–H and O–H groups in total. The first-order valence-electron chi connectivity index (χ1n) is 8.81. The molecule has 2 amide bonds. The van der Waals surface area contributed by atoms with Gasteiger partial charge >= 0.3 is 12.2 Å². The monoisotopic (exact) mass is 424 g/mol. The standard InChI is InChI=1S/C20H19F3N2O5/c1-29-12-8-9-13(14(10-12)30-2)16-15(17(26)11-6-4-3-5-7-11)19(28,20(21,22)23)25-18(27)24-16/h3-10,15-16,28H,1-2H3,(H2,24,25,27)/t15-,16+,19+/m1/s1. The topological polar surface area (TPSA) is 96.9 Å². The van der Waals surface area contributed by atoms with Gasteiger partial charge in [-0.25, -0.2) is 4.79 Å². The number of urea groups is 1. The van der Waals surface area contributed by atoms with Crippen molar-refractivity contribution in [1.29, 1.82) is 0 Å². The molecule has 7 nitrogen and oxygen atoms in total. The van der Waals surface area contributed by atoms with Crippen LogP contribution in [0, 0.1) is 5.92 Å². The lowest BCUT2D eigenvalue weighted by Gasteiger charge is -2.45. The van der Waals surface area contributed by atoms with Gasteiger partial charge in [0.2, 0.25) is 5.72 Å². The highest BCUT2D eigenvalue weighted by atomic mass is 19.4. The Hall–Kier alpha value is -3.27. The second-order valence-electron chi connectivity index (χ2n) is 6.66. The number of ether oxygens (including phenoxy) is 2. The van der Waals surface area contributed by atoms with Crippen LogP contribution in [0.5, 0.6) is 11.5 Å². The zero-order chi connectivity index (χ0) is 22.1. The van der Waals surface area contributed by atoms with E-state index in [1.165, 1.54) is 62.0 Å². The van der Waals surface area contributed by atoms with Gasteiger partial charge < -0.3 is 25.2 Å². The van der Waals surface area contributed by atoms with Gasteiger partial charge in [-0.15, -0.1) is 0 Å². The van der Waals surface area contributed by atoms with E-state index in [9.17, 15) is 27.9 Å². The van der Waals surface area contributed by atoms with E-state index < -0.39 is 35.7 Å². The fourth-order valence-corrected chi connectivity index (χ4v) is 3.46. The number of Topliss-reactive ketones (excluding diaryl/α,β-unsaturated/α-hetero) is 1. The van der Waals surface area contributed by atoms with Crippen LogP contribution in [0.2, 0.25) is 0 Å². The summed E-state index contributed by atoms with van der Waals surface area (Å²) in [6.45, 7) is 0. The first kappa shape index (κ1) is 21.4. The lowest BCUT2D eigenvalue weighted by Crippen LogP contribution is -2.72. The summed E-state index contributed by atoms with van der Waals surface area (Å²) in [5, 5.41) is 14.4. The highest BCUT2D eigenvalue weighted by Gasteiger charge is 2.66. The molecule has 0 unspecified atom stereocenters. The van der Waals surface area contributed by atoms with Gasteiger partial charge in [0, 0.05) is 17.2 Å². The van der Waals surface area contributed by atoms with Gasteiger partial charge in [-0.3, -0.25) is 4.79 Å². The van der Waals surface area contributed by atoms with Crippen LogP contribution in [-0.2, 0) is 0 Å². The third kappa shape index (κ3) is 3.65. The second-order valence-corrected chi connectivity index (χ2v) is 6.66. The second kappa shape index (κ2) is 7.86. The van der Waals surface area contributed by atoms with Crippen molar-refractivity contribution in [1.82, 2.24) is 10.6 Å². The van der Waals surface area contributed by atoms with Crippen molar-refractivity contribution in [3.63, 3.8) is 0 Å². The van der Waals surface area contributed by atoms with Crippen molar-refractivity contribution in [2.45, 2.75) is 17.9 Å². The highest BCUT2D eigenvalue weighted by molar-refractivity contribution is 6.00. The summed E-state index contributed by atoms with van der Waals surface area (Å²) in [6, 6.07) is 8.62. The lowest BCUT2D eigenvalue weighted by molar-refractivity contribution is -0.287. The number of rotatable bonds is 5. The van der Waals surface area contributed by atoms with Crippen LogP contribution < -0.4 is 20.1 Å². The predicted octanol–water partition coefficient (Wildman–Crippen LogP) is 2.81. The first-order chi connectivity index (χ1) is 14.1. The molecule has 1 aliphatic heterocycles. The molecule has 1 aliphatic rings. The molecule has 0 radical (unpaired) electrons. The molecule has 0 saturated carbocycles. The fraction of sp³-hybridized carbons (Fsp3) is 0.300. The van der Waals surface area contributed by atoms with E-state index in [1.54, 1.807) is 6.07 Å². The van der Waals surface area contributed by atoms with Gasteiger partial charge in [0.1, 0.15) is 17.4 Å². The van der Waals surface area contributed by atoms with Gasteiger partial charge in [-0.05, 0) is 12.1 Å². The Kier molecular flexibility index (Phi) is 5.62. The van der Waals surface area contributed by atoms with E-state index >= 15 is 0 Å². The van der Waals surface area contributed by atoms with Crippen LogP contribution in [-0.4, -0.2) is 43.0 Å². The minimum atomic E-state index is -5.34. The Morgan fingerprint density at radius 3 is 2.33 bits per heavy atom. The van der Waals surface area contributed by atoms with E-state index in [0.717, 1.165) is 0 Å². The molecule has 1 heterocycles. The van der Waals surface area contributed by atoms with Crippen molar-refractivity contribution in [3.8, 4) is 11.5 Å². The quantitative estimate of drug-likeness (QED) is 0.642. The van der Waals surface area contributed by atoms with Crippen LogP contribution in [0.1, 0.15) is 22.0 Å². The normalized spacial score (nSPS) is 23.9. The molecule has 0 bridgehead atoms. The number of aliphatic hydroxyl groups is 1. The van der Waals surface area contributed by atoms with Gasteiger partial charge in [0.15, 0.2) is 5.78 Å². The Morgan fingerprint density at radius 1 is 1.10 bits per heavy atom. The molecule has 2 aromatic rings. The zero-order valence-corrected chi connectivity index (χ0v) is 16.0. The molecule has 10 heteroatoms. The van der Waals surface area contributed by atoms with E-state index in [1.807, 2.05) is 0 Å². The number of carbonyl (C=O) groups excluding carboxylic acids is 2. The molecular formula is C20H19F3N2O5. The number of ketones is 1. The van der Waals surface area contributed by atoms with Crippen molar-refractivity contribution >= 4 is 11.8 Å². The summed E-state index contributed by atoms with van der Waals surface area (Å²) in [5.41, 5.74) is -3.79. The van der Waals surface area contributed by atoms with Crippen LogP contribution in [0.3, 0.4) is 0 Å². The van der Waals surface area contributed by atoms with Gasteiger partial charge in [-0.2, -0.15) is 13.2 Å². The Balaban J connectivity index is 2.21. The van der Waals surface area contributed by atoms with E-state index in [2.05, 4.69) is 5.32 Å². The number of benzene rings is 2. The number of nitrogens with one attached hydrogen (secondary N) is 2. The summed E-state index contributed by atoms with van der Waals surface area (Å²) in [6.07, 6.45) is -5.34. The Labute approximate surface area is 169 Å². The van der Waals surface area contributed by atoms with Crippen molar-refractivity contribution in [2.75, 3.05) is 14.2 Å². The summed E-state index contributed by atoms with van der Waals surface area (Å²) in [4.78, 5) is 25.2. The molecule has 3 rings (SSSR count). The highest BCUT2D eigenvalue weighted by Crippen LogP contribution is 2.46. The molecule has 0 aliphatic carbocycles. The smallest absolute Gasteiger partial charge is 0.437 e. The van der Waals surface area contributed by atoms with Crippen LogP contribution in [0.25, 0.3) is 0 Å². The van der Waals surface area contributed by atoms with Crippen LogP contribution in [0.15, 0.2) is 48.5 Å². The molecular weight excluding hydrogens is 405 g/mol. The maximum Gasteiger partial charge on any atom is 0.437 e. The molecule has 160 valence electrons. The first-order valence-corrected chi connectivity index (χ1v) is 8.81. The third-order valence-corrected chi connectivity index (χ3v) is 4.92. The van der Waals surface area contributed by atoms with Crippen LogP contribution >= 0.6 is 0 Å². The van der Waals surface area contributed by atoms with Gasteiger partial charge in [-0.1, -0.05) is 30.3 Å². The molecule has 3 atom stereocenters. The maximum absolute atomic E-state index is 13.9. The number of hydrogen-bond acceptors (Lipinski definition) is 5. The molecule has 0 aromatic heterocycles. The lowest BCUT2D eigenvalue weighted by atomic mass is 9.77. The van der Waals surface area contributed by atoms with Crippen molar-refractivity contribution in [3.05, 3.63) is 59.7 Å². The predicted molar refractivity (Wildman–Crippen MR) is 99.2 cm³/mol. The minimum absolute atomic E-state index is 0.0550.